The summed E-state index contributed by atoms with van der Waals surface area (Å²) in [6.07, 6.45) is 7.51. The lowest BCUT2D eigenvalue weighted by molar-refractivity contribution is -0.140. The third kappa shape index (κ3) is 6.74. The molecular weight excluding hydrogens is 484 g/mol. The molecule has 1 aliphatic carbocycles. The molecule has 3 aliphatic rings. The number of hydrogen-bond donors (Lipinski definition) is 2. The van der Waals surface area contributed by atoms with Gasteiger partial charge in [0, 0.05) is 25.7 Å². The molecule has 1 saturated carbocycles. The molecule has 2 fully saturated rings. The van der Waals surface area contributed by atoms with Gasteiger partial charge in [0.25, 0.3) is 0 Å². The molecule has 2 aliphatic heterocycles. The number of nitrogens with one attached hydrogen (secondary N) is 1. The van der Waals surface area contributed by atoms with Gasteiger partial charge in [0.2, 0.25) is 0 Å². The van der Waals surface area contributed by atoms with Crippen LogP contribution in [0.2, 0.25) is 0 Å². The van der Waals surface area contributed by atoms with Gasteiger partial charge in [-0.25, -0.2) is 4.79 Å². The maximum absolute atomic E-state index is 12.8. The summed E-state index contributed by atoms with van der Waals surface area (Å²) in [5.41, 5.74) is 2.24. The zero-order valence-corrected chi connectivity index (χ0v) is 23.6. The molecule has 0 radical (unpaired) electrons. The molecule has 1 amide bonds. The summed E-state index contributed by atoms with van der Waals surface area (Å²) in [5, 5.41) is 12.4. The lowest BCUT2D eigenvalue weighted by Crippen LogP contribution is -2.48. The summed E-state index contributed by atoms with van der Waals surface area (Å²) in [6, 6.07) is 4.51. The molecule has 38 heavy (non-hydrogen) atoms. The molecule has 2 N–H and O–H groups in total. The normalized spacial score (nSPS) is 24.7. The van der Waals surface area contributed by atoms with E-state index in [4.69, 9.17) is 14.2 Å². The van der Waals surface area contributed by atoms with Crippen LogP contribution in [-0.4, -0.2) is 62.5 Å². The Kier molecular flexibility index (Phi) is 9.45. The number of rotatable bonds is 10. The van der Waals surface area contributed by atoms with Crippen molar-refractivity contribution in [2.45, 2.75) is 77.7 Å². The summed E-state index contributed by atoms with van der Waals surface area (Å²) in [5.74, 6) is 2.00. The first-order chi connectivity index (χ1) is 18.2. The van der Waals surface area contributed by atoms with E-state index >= 15 is 0 Å². The van der Waals surface area contributed by atoms with E-state index in [1.807, 2.05) is 0 Å². The maximum Gasteiger partial charge on any atom is 0.407 e. The van der Waals surface area contributed by atoms with Crippen molar-refractivity contribution in [1.29, 1.82) is 0 Å². The Hall–Kier alpha value is -2.48. The molecule has 4 rings (SSSR count). The average Bonchev–Trinajstić information content (AvgIpc) is 2.89. The molecule has 3 atom stereocenters. The first kappa shape index (κ1) is 28.5. The second-order valence-corrected chi connectivity index (χ2v) is 12.1. The van der Waals surface area contributed by atoms with E-state index in [9.17, 15) is 14.7 Å². The number of carbonyl (C=O) groups excluding carboxylic acids is 1. The van der Waals surface area contributed by atoms with Crippen LogP contribution < -0.4 is 14.8 Å². The van der Waals surface area contributed by atoms with Crippen molar-refractivity contribution in [2.24, 2.45) is 23.2 Å². The number of carboxylic acid groups (broad SMARTS) is 1. The first-order valence-electron chi connectivity index (χ1n) is 14.3. The number of piperidine rings is 1. The van der Waals surface area contributed by atoms with Crippen molar-refractivity contribution < 1.29 is 28.9 Å². The van der Waals surface area contributed by atoms with Gasteiger partial charge in [-0.15, -0.1) is 0 Å². The SMILES string of the molecule is COc1cc2c(cc1OC)C1CC(COC(=O)NCC3(CC(=O)O)CCCCC3)C(CC(C)C)CN1CC2. The smallest absolute Gasteiger partial charge is 0.407 e. The summed E-state index contributed by atoms with van der Waals surface area (Å²) >= 11 is 0. The first-order valence-corrected chi connectivity index (χ1v) is 14.3. The fourth-order valence-corrected chi connectivity index (χ4v) is 7.11. The van der Waals surface area contributed by atoms with E-state index in [2.05, 4.69) is 36.2 Å². The molecular formula is C30H46N2O6. The third-order valence-electron chi connectivity index (χ3n) is 9.03. The molecule has 1 aromatic rings. The van der Waals surface area contributed by atoms with Gasteiger partial charge in [0.15, 0.2) is 11.5 Å². The number of carboxylic acids is 1. The predicted octanol–water partition coefficient (Wildman–Crippen LogP) is 5.44. The summed E-state index contributed by atoms with van der Waals surface area (Å²) < 4.78 is 17.0. The number of hydrogen-bond acceptors (Lipinski definition) is 6. The predicted molar refractivity (Wildman–Crippen MR) is 146 cm³/mol. The zero-order valence-electron chi connectivity index (χ0n) is 23.6. The van der Waals surface area contributed by atoms with Crippen molar-refractivity contribution in [1.82, 2.24) is 10.2 Å². The third-order valence-corrected chi connectivity index (χ3v) is 9.03. The van der Waals surface area contributed by atoms with Gasteiger partial charge in [-0.05, 0) is 78.5 Å². The van der Waals surface area contributed by atoms with Gasteiger partial charge >= 0.3 is 12.1 Å². The Morgan fingerprint density at radius 2 is 1.82 bits per heavy atom. The number of benzene rings is 1. The maximum atomic E-state index is 12.8. The van der Waals surface area contributed by atoms with Gasteiger partial charge in [-0.2, -0.15) is 0 Å². The van der Waals surface area contributed by atoms with E-state index in [-0.39, 0.29) is 23.8 Å². The van der Waals surface area contributed by atoms with Crippen LogP contribution in [0, 0.1) is 23.2 Å². The molecule has 8 nitrogen and oxygen atoms in total. The van der Waals surface area contributed by atoms with Crippen molar-refractivity contribution >= 4 is 12.1 Å². The monoisotopic (exact) mass is 530 g/mol. The highest BCUT2D eigenvalue weighted by atomic mass is 16.5. The number of aliphatic carboxylic acids is 1. The van der Waals surface area contributed by atoms with Gasteiger partial charge in [-0.3, -0.25) is 9.69 Å². The van der Waals surface area contributed by atoms with Crippen LogP contribution in [0.3, 0.4) is 0 Å². The Labute approximate surface area is 227 Å². The molecule has 212 valence electrons. The van der Waals surface area contributed by atoms with Crippen LogP contribution in [0.1, 0.15) is 82.4 Å². The summed E-state index contributed by atoms with van der Waals surface area (Å²) in [4.78, 5) is 26.9. The molecule has 2 heterocycles. The number of methoxy groups -OCH3 is 2. The minimum atomic E-state index is -0.799. The standard InChI is InChI=1S/C30H46N2O6/c1-20(2)12-22-17-32-11-8-21-14-26(36-3)27(37-4)15-24(21)25(32)13-23(22)18-38-29(35)31-19-30(16-28(33)34)9-6-5-7-10-30/h14-15,20,22-23,25H,5-13,16-19H2,1-4H3,(H,31,35)(H,33,34). The topological polar surface area (TPSA) is 97.3 Å². The van der Waals surface area contributed by atoms with Crippen molar-refractivity contribution in [2.75, 3.05) is 40.5 Å². The highest BCUT2D eigenvalue weighted by Crippen LogP contribution is 2.45. The minimum absolute atomic E-state index is 0.0948. The van der Waals surface area contributed by atoms with E-state index in [1.54, 1.807) is 14.2 Å². The number of amides is 1. The number of alkyl carbamates (subject to hydrolysis) is 1. The molecule has 0 spiro atoms. The molecule has 1 aromatic carbocycles. The molecule has 0 aromatic heterocycles. The zero-order chi connectivity index (χ0) is 27.3. The largest absolute Gasteiger partial charge is 0.493 e. The molecule has 3 unspecified atom stereocenters. The van der Waals surface area contributed by atoms with Crippen LogP contribution in [0.5, 0.6) is 11.5 Å². The fourth-order valence-electron chi connectivity index (χ4n) is 7.11. The van der Waals surface area contributed by atoms with E-state index < -0.39 is 12.1 Å². The highest BCUT2D eigenvalue weighted by Gasteiger charge is 2.40. The quantitative estimate of drug-likeness (QED) is 0.416. The highest BCUT2D eigenvalue weighted by molar-refractivity contribution is 5.69. The second-order valence-electron chi connectivity index (χ2n) is 12.1. The van der Waals surface area contributed by atoms with Gasteiger partial charge < -0.3 is 24.6 Å². The second kappa shape index (κ2) is 12.6. The molecule has 1 saturated heterocycles. The lowest BCUT2D eigenvalue weighted by atomic mass is 9.72. The Balaban J connectivity index is 1.43. The van der Waals surface area contributed by atoms with E-state index in [1.165, 1.54) is 11.1 Å². The Morgan fingerprint density at radius 3 is 2.47 bits per heavy atom. The Morgan fingerprint density at radius 1 is 1.11 bits per heavy atom. The average molecular weight is 531 g/mol. The Bertz CT molecular complexity index is 974. The van der Waals surface area contributed by atoms with Crippen LogP contribution in [0.15, 0.2) is 12.1 Å². The van der Waals surface area contributed by atoms with E-state index in [0.717, 1.165) is 76.0 Å². The van der Waals surface area contributed by atoms with Gasteiger partial charge in [0.1, 0.15) is 0 Å². The van der Waals surface area contributed by atoms with E-state index in [0.29, 0.717) is 25.0 Å². The summed E-state index contributed by atoms with van der Waals surface area (Å²) in [7, 11) is 3.35. The summed E-state index contributed by atoms with van der Waals surface area (Å²) in [6.45, 7) is 7.26. The van der Waals surface area contributed by atoms with Gasteiger partial charge in [-0.1, -0.05) is 33.1 Å². The number of nitrogens with zero attached hydrogens (tertiary/aromatic N) is 1. The minimum Gasteiger partial charge on any atom is -0.493 e. The van der Waals surface area contributed by atoms with Crippen LogP contribution >= 0.6 is 0 Å². The van der Waals surface area contributed by atoms with Crippen molar-refractivity contribution in [3.8, 4) is 11.5 Å². The molecule has 0 bridgehead atoms. The lowest BCUT2D eigenvalue weighted by Gasteiger charge is -2.47. The number of ether oxygens (including phenoxy) is 3. The van der Waals surface area contributed by atoms with Crippen LogP contribution in [-0.2, 0) is 16.0 Å². The van der Waals surface area contributed by atoms with Crippen molar-refractivity contribution in [3.05, 3.63) is 23.3 Å². The number of carbonyl (C=O) groups is 2. The van der Waals surface area contributed by atoms with Gasteiger partial charge in [0.05, 0.1) is 27.2 Å². The van der Waals surface area contributed by atoms with Crippen molar-refractivity contribution in [3.63, 3.8) is 0 Å². The molecule has 8 heteroatoms. The van der Waals surface area contributed by atoms with Crippen LogP contribution in [0.25, 0.3) is 0 Å². The number of fused-ring (bicyclic) bond motifs is 3. The fraction of sp³-hybridized carbons (Fsp3) is 0.733. The van der Waals surface area contributed by atoms with Crippen LogP contribution in [0.4, 0.5) is 4.79 Å².